The van der Waals surface area contributed by atoms with Gasteiger partial charge in [0.15, 0.2) is 0 Å². The predicted octanol–water partition coefficient (Wildman–Crippen LogP) is 3.90. The van der Waals surface area contributed by atoms with Crippen LogP contribution < -0.4 is 4.74 Å². The molecule has 3 aromatic rings. The third-order valence-corrected chi connectivity index (χ3v) is 6.27. The van der Waals surface area contributed by atoms with E-state index in [1.54, 1.807) is 7.11 Å². The molecule has 0 saturated carbocycles. The van der Waals surface area contributed by atoms with E-state index in [0.29, 0.717) is 36.2 Å². The Morgan fingerprint density at radius 1 is 1.00 bits per heavy atom. The number of ether oxygens (including phenoxy) is 1. The summed E-state index contributed by atoms with van der Waals surface area (Å²) in [5.74, 6) is 3.48. The molecule has 0 unspecified atom stereocenters. The lowest BCUT2D eigenvalue weighted by Crippen LogP contribution is -2.29. The SMILES string of the molecule is COc1ccc([C@@H]2[C@@H]3CN(Cc4nnc(-c5ccccc5)o4)C[C@@H]3CN2C)cc1.Cl. The van der Waals surface area contributed by atoms with E-state index in [-0.39, 0.29) is 12.4 Å². The first-order chi connectivity index (χ1) is 14.2. The molecule has 2 aliphatic rings. The normalized spacial score (nSPS) is 23.9. The molecule has 30 heavy (non-hydrogen) atoms. The summed E-state index contributed by atoms with van der Waals surface area (Å²) in [6, 6.07) is 18.9. The fourth-order valence-corrected chi connectivity index (χ4v) is 4.99. The summed E-state index contributed by atoms with van der Waals surface area (Å²) >= 11 is 0. The van der Waals surface area contributed by atoms with Crippen LogP contribution >= 0.6 is 12.4 Å². The number of likely N-dealkylation sites (tertiary alicyclic amines) is 2. The topological polar surface area (TPSA) is 54.6 Å². The summed E-state index contributed by atoms with van der Waals surface area (Å²) < 4.78 is 11.2. The van der Waals surface area contributed by atoms with Crippen LogP contribution in [0.5, 0.6) is 5.75 Å². The van der Waals surface area contributed by atoms with Crippen LogP contribution in [0.4, 0.5) is 0 Å². The van der Waals surface area contributed by atoms with Crippen molar-refractivity contribution in [3.63, 3.8) is 0 Å². The molecule has 1 aromatic heterocycles. The second-order valence-electron chi connectivity index (χ2n) is 8.14. The number of methoxy groups -OCH3 is 1. The van der Waals surface area contributed by atoms with Crippen LogP contribution in [0, 0.1) is 11.8 Å². The van der Waals surface area contributed by atoms with Crippen molar-refractivity contribution < 1.29 is 9.15 Å². The van der Waals surface area contributed by atoms with E-state index in [1.165, 1.54) is 5.56 Å². The molecule has 7 heteroatoms. The Kier molecular flexibility index (Phi) is 6.09. The number of aromatic nitrogens is 2. The number of benzene rings is 2. The summed E-state index contributed by atoms with van der Waals surface area (Å²) in [5.41, 5.74) is 2.33. The van der Waals surface area contributed by atoms with Gasteiger partial charge in [0, 0.05) is 31.2 Å². The van der Waals surface area contributed by atoms with Gasteiger partial charge in [-0.25, -0.2) is 0 Å². The second kappa shape index (κ2) is 8.76. The van der Waals surface area contributed by atoms with Gasteiger partial charge in [-0.05, 0) is 48.7 Å². The van der Waals surface area contributed by atoms with Crippen LogP contribution in [0.2, 0.25) is 0 Å². The van der Waals surface area contributed by atoms with Crippen molar-refractivity contribution in [2.75, 3.05) is 33.8 Å². The number of nitrogens with zero attached hydrogens (tertiary/aromatic N) is 4. The molecule has 3 atom stereocenters. The van der Waals surface area contributed by atoms with Gasteiger partial charge in [-0.3, -0.25) is 9.80 Å². The summed E-state index contributed by atoms with van der Waals surface area (Å²) in [6.45, 7) is 3.96. The number of hydrogen-bond acceptors (Lipinski definition) is 6. The summed E-state index contributed by atoms with van der Waals surface area (Å²) in [7, 11) is 3.95. The van der Waals surface area contributed by atoms with Gasteiger partial charge in [-0.15, -0.1) is 22.6 Å². The maximum absolute atomic E-state index is 5.92. The molecule has 0 bridgehead atoms. The molecule has 5 rings (SSSR count). The molecule has 158 valence electrons. The van der Waals surface area contributed by atoms with Crippen molar-refractivity contribution in [1.82, 2.24) is 20.0 Å². The summed E-state index contributed by atoms with van der Waals surface area (Å²) in [6.07, 6.45) is 0. The first-order valence-electron chi connectivity index (χ1n) is 10.2. The van der Waals surface area contributed by atoms with Crippen molar-refractivity contribution in [3.8, 4) is 17.2 Å². The van der Waals surface area contributed by atoms with Gasteiger partial charge in [0.25, 0.3) is 0 Å². The van der Waals surface area contributed by atoms with E-state index in [0.717, 1.165) is 30.9 Å². The zero-order valence-corrected chi connectivity index (χ0v) is 18.1. The van der Waals surface area contributed by atoms with E-state index in [4.69, 9.17) is 9.15 Å². The first kappa shape index (κ1) is 20.8. The molecule has 6 nitrogen and oxygen atoms in total. The van der Waals surface area contributed by atoms with Crippen molar-refractivity contribution in [1.29, 1.82) is 0 Å². The molecule has 0 radical (unpaired) electrons. The van der Waals surface area contributed by atoms with Crippen molar-refractivity contribution in [2.24, 2.45) is 11.8 Å². The molecule has 0 N–H and O–H groups in total. The Morgan fingerprint density at radius 2 is 1.77 bits per heavy atom. The Balaban J connectivity index is 0.00000218. The molecule has 0 aliphatic carbocycles. The fourth-order valence-electron chi connectivity index (χ4n) is 4.99. The highest BCUT2D eigenvalue weighted by atomic mass is 35.5. The van der Waals surface area contributed by atoms with E-state index in [1.807, 2.05) is 30.3 Å². The van der Waals surface area contributed by atoms with E-state index in [2.05, 4.69) is 51.3 Å². The van der Waals surface area contributed by atoms with Gasteiger partial charge in [-0.1, -0.05) is 30.3 Å². The highest BCUT2D eigenvalue weighted by Crippen LogP contribution is 2.44. The van der Waals surface area contributed by atoms with Crippen molar-refractivity contribution >= 4 is 12.4 Å². The standard InChI is InChI=1S/C23H26N4O2.ClH/c1-26-12-18-13-27(14-20(18)22(26)16-8-10-19(28-2)11-9-16)15-21-24-25-23(29-21)17-6-4-3-5-7-17;/h3-11,18,20,22H,12-15H2,1-2H3;1H/t18-,20+,22+;/m0./s1. The lowest BCUT2D eigenvalue weighted by atomic mass is 9.89. The predicted molar refractivity (Wildman–Crippen MR) is 118 cm³/mol. The molecule has 0 amide bonds. The van der Waals surface area contributed by atoms with Gasteiger partial charge in [0.1, 0.15) is 5.75 Å². The van der Waals surface area contributed by atoms with E-state index in [9.17, 15) is 0 Å². The maximum Gasteiger partial charge on any atom is 0.247 e. The van der Waals surface area contributed by atoms with Crippen molar-refractivity contribution in [2.45, 2.75) is 12.6 Å². The van der Waals surface area contributed by atoms with Crippen LogP contribution in [0.25, 0.3) is 11.5 Å². The molecule has 2 fully saturated rings. The highest BCUT2D eigenvalue weighted by Gasteiger charge is 2.46. The summed E-state index contributed by atoms with van der Waals surface area (Å²) in [5, 5.41) is 8.51. The molecule has 3 heterocycles. The van der Waals surface area contributed by atoms with Gasteiger partial charge >= 0.3 is 0 Å². The Hall–Kier alpha value is -2.41. The largest absolute Gasteiger partial charge is 0.497 e. The van der Waals surface area contributed by atoms with Gasteiger partial charge < -0.3 is 9.15 Å². The Morgan fingerprint density at radius 3 is 2.50 bits per heavy atom. The second-order valence-corrected chi connectivity index (χ2v) is 8.14. The number of fused-ring (bicyclic) bond motifs is 1. The third-order valence-electron chi connectivity index (χ3n) is 6.27. The molecule has 2 aliphatic heterocycles. The zero-order chi connectivity index (χ0) is 19.8. The first-order valence-corrected chi connectivity index (χ1v) is 10.2. The average molecular weight is 427 g/mol. The Bertz CT molecular complexity index is 963. The van der Waals surface area contributed by atoms with Crippen LogP contribution in [-0.4, -0.2) is 53.8 Å². The smallest absolute Gasteiger partial charge is 0.247 e. The average Bonchev–Trinajstić information content (AvgIpc) is 3.44. The quantitative estimate of drug-likeness (QED) is 0.616. The highest BCUT2D eigenvalue weighted by molar-refractivity contribution is 5.85. The maximum atomic E-state index is 5.92. The van der Waals surface area contributed by atoms with Gasteiger partial charge in [0.2, 0.25) is 11.8 Å². The number of hydrogen-bond donors (Lipinski definition) is 0. The lowest BCUT2D eigenvalue weighted by molar-refractivity contribution is 0.214. The molecule has 0 spiro atoms. The number of halogens is 1. The minimum absolute atomic E-state index is 0. The number of rotatable bonds is 5. The lowest BCUT2D eigenvalue weighted by Gasteiger charge is -2.26. The van der Waals surface area contributed by atoms with Crippen molar-refractivity contribution in [3.05, 3.63) is 66.1 Å². The minimum atomic E-state index is 0. The van der Waals surface area contributed by atoms with Crippen LogP contribution in [0.15, 0.2) is 59.0 Å². The van der Waals surface area contributed by atoms with Crippen LogP contribution in [0.3, 0.4) is 0 Å². The monoisotopic (exact) mass is 426 g/mol. The van der Waals surface area contributed by atoms with Crippen LogP contribution in [-0.2, 0) is 6.54 Å². The van der Waals surface area contributed by atoms with E-state index >= 15 is 0 Å². The van der Waals surface area contributed by atoms with E-state index < -0.39 is 0 Å². The summed E-state index contributed by atoms with van der Waals surface area (Å²) in [4.78, 5) is 4.95. The molecular formula is C23H27ClN4O2. The molecular weight excluding hydrogens is 400 g/mol. The van der Waals surface area contributed by atoms with Gasteiger partial charge in [-0.2, -0.15) is 0 Å². The zero-order valence-electron chi connectivity index (χ0n) is 17.3. The Labute approximate surface area is 183 Å². The fraction of sp³-hybridized carbons (Fsp3) is 0.391. The molecule has 2 aromatic carbocycles. The van der Waals surface area contributed by atoms with Crippen LogP contribution in [0.1, 0.15) is 17.5 Å². The molecule has 2 saturated heterocycles. The van der Waals surface area contributed by atoms with Gasteiger partial charge in [0.05, 0.1) is 13.7 Å². The minimum Gasteiger partial charge on any atom is -0.497 e. The third kappa shape index (κ3) is 3.95.